The zero-order valence-corrected chi connectivity index (χ0v) is 18.6. The van der Waals surface area contributed by atoms with E-state index in [2.05, 4.69) is 49.6 Å². The van der Waals surface area contributed by atoms with Crippen LogP contribution in [0, 0.1) is 0 Å². The molecule has 0 atom stereocenters. The molecule has 8 heteroatoms. The number of hydrazine groups is 1. The van der Waals surface area contributed by atoms with Crippen LogP contribution in [0.3, 0.4) is 0 Å². The highest BCUT2D eigenvalue weighted by Gasteiger charge is 2.09. The van der Waals surface area contributed by atoms with E-state index in [1.807, 2.05) is 6.07 Å². The Labute approximate surface area is 181 Å². The summed E-state index contributed by atoms with van der Waals surface area (Å²) in [5, 5.41) is 0. The molecule has 0 aliphatic heterocycles. The van der Waals surface area contributed by atoms with Crippen molar-refractivity contribution in [3.05, 3.63) is 57.0 Å². The molecule has 0 aliphatic carbocycles. The van der Waals surface area contributed by atoms with E-state index in [1.165, 1.54) is 0 Å². The molecule has 2 aromatic rings. The fourth-order valence-corrected chi connectivity index (χ4v) is 3.38. The summed E-state index contributed by atoms with van der Waals surface area (Å²) in [6, 6.07) is 12.1. The van der Waals surface area contributed by atoms with Gasteiger partial charge in [-0.1, -0.05) is 35.7 Å². The Hall–Kier alpha value is -2.06. The number of ether oxygens (including phenoxy) is 2. The van der Waals surface area contributed by atoms with Crippen LogP contribution in [-0.2, 0) is 4.79 Å². The molecule has 2 amide bonds. The van der Waals surface area contributed by atoms with Crippen LogP contribution in [0.4, 0.5) is 0 Å². The van der Waals surface area contributed by atoms with E-state index < -0.39 is 11.8 Å². The van der Waals surface area contributed by atoms with Crippen molar-refractivity contribution in [2.75, 3.05) is 13.2 Å². The van der Waals surface area contributed by atoms with Crippen molar-refractivity contribution >= 4 is 43.7 Å². The normalized spacial score (nSPS) is 10.2. The maximum atomic E-state index is 12.1. The lowest BCUT2D eigenvalue weighted by Gasteiger charge is -2.10. The van der Waals surface area contributed by atoms with Crippen molar-refractivity contribution in [2.24, 2.45) is 0 Å². The Bertz CT molecular complexity index is 797. The van der Waals surface area contributed by atoms with Gasteiger partial charge in [-0.2, -0.15) is 0 Å². The molecule has 0 heterocycles. The van der Waals surface area contributed by atoms with Crippen LogP contribution in [0.1, 0.15) is 36.5 Å². The molecule has 0 spiro atoms. The molecule has 2 aromatic carbocycles. The quantitative estimate of drug-likeness (QED) is 0.379. The van der Waals surface area contributed by atoms with Crippen molar-refractivity contribution in [1.82, 2.24) is 10.9 Å². The van der Waals surface area contributed by atoms with Crippen molar-refractivity contribution in [3.63, 3.8) is 0 Å². The maximum Gasteiger partial charge on any atom is 0.276 e. The summed E-state index contributed by atoms with van der Waals surface area (Å²) in [6.45, 7) is 2.56. The first-order chi connectivity index (χ1) is 13.5. The molecular formula is C20H22Br2N2O4. The van der Waals surface area contributed by atoms with Gasteiger partial charge in [-0.15, -0.1) is 0 Å². The standard InChI is InChI=1S/C20H22Br2N2O4/c1-2-3-4-11-27-16-8-5-14(6-9-16)20(26)24-23-19(25)13-28-18-10-7-15(21)12-17(18)22/h5-10,12H,2-4,11,13H2,1H3,(H,23,25)(H,24,26). The minimum absolute atomic E-state index is 0.231. The van der Waals surface area contributed by atoms with Crippen molar-refractivity contribution in [1.29, 1.82) is 0 Å². The third-order valence-electron chi connectivity index (χ3n) is 3.70. The van der Waals surface area contributed by atoms with E-state index in [0.717, 1.165) is 28.2 Å². The van der Waals surface area contributed by atoms with Gasteiger partial charge in [0.25, 0.3) is 11.8 Å². The Morgan fingerprint density at radius 1 is 0.964 bits per heavy atom. The molecule has 0 aliphatic rings. The zero-order valence-electron chi connectivity index (χ0n) is 15.5. The highest BCUT2D eigenvalue weighted by Crippen LogP contribution is 2.28. The van der Waals surface area contributed by atoms with Crippen LogP contribution in [0.5, 0.6) is 11.5 Å². The maximum absolute atomic E-state index is 12.1. The number of unbranched alkanes of at least 4 members (excludes halogenated alkanes) is 2. The average Bonchev–Trinajstić information content (AvgIpc) is 2.69. The van der Waals surface area contributed by atoms with Gasteiger partial charge >= 0.3 is 0 Å². The Morgan fingerprint density at radius 2 is 1.71 bits per heavy atom. The van der Waals surface area contributed by atoms with Crippen molar-refractivity contribution in [3.8, 4) is 11.5 Å². The molecule has 0 aromatic heterocycles. The van der Waals surface area contributed by atoms with Crippen LogP contribution in [0.15, 0.2) is 51.4 Å². The number of carbonyl (C=O) groups excluding carboxylic acids is 2. The van der Waals surface area contributed by atoms with E-state index in [4.69, 9.17) is 9.47 Å². The summed E-state index contributed by atoms with van der Waals surface area (Å²) in [7, 11) is 0. The first-order valence-corrected chi connectivity index (χ1v) is 10.5. The highest BCUT2D eigenvalue weighted by atomic mass is 79.9. The number of rotatable bonds is 9. The van der Waals surface area contributed by atoms with Gasteiger partial charge in [0.05, 0.1) is 11.1 Å². The van der Waals surface area contributed by atoms with E-state index in [1.54, 1.807) is 36.4 Å². The Balaban J connectivity index is 1.74. The van der Waals surface area contributed by atoms with E-state index in [9.17, 15) is 9.59 Å². The number of halogens is 2. The summed E-state index contributed by atoms with van der Waals surface area (Å²) in [4.78, 5) is 24.0. The molecule has 0 saturated heterocycles. The van der Waals surface area contributed by atoms with E-state index in [0.29, 0.717) is 23.7 Å². The Morgan fingerprint density at radius 3 is 2.39 bits per heavy atom. The lowest BCUT2D eigenvalue weighted by molar-refractivity contribution is -0.123. The third-order valence-corrected chi connectivity index (χ3v) is 4.81. The molecule has 150 valence electrons. The van der Waals surface area contributed by atoms with Gasteiger partial charge in [0.2, 0.25) is 0 Å². The topological polar surface area (TPSA) is 76.7 Å². The first kappa shape index (κ1) is 22.2. The van der Waals surface area contributed by atoms with Crippen LogP contribution in [0.25, 0.3) is 0 Å². The second-order valence-electron chi connectivity index (χ2n) is 5.95. The molecule has 2 N–H and O–H groups in total. The smallest absolute Gasteiger partial charge is 0.276 e. The molecule has 0 unspecified atom stereocenters. The minimum Gasteiger partial charge on any atom is -0.494 e. The van der Waals surface area contributed by atoms with E-state index >= 15 is 0 Å². The largest absolute Gasteiger partial charge is 0.494 e. The molecular weight excluding hydrogens is 492 g/mol. The summed E-state index contributed by atoms with van der Waals surface area (Å²) in [5.41, 5.74) is 5.10. The number of benzene rings is 2. The monoisotopic (exact) mass is 512 g/mol. The molecule has 0 fully saturated rings. The predicted octanol–water partition coefficient (Wildman–Crippen LogP) is 4.62. The van der Waals surface area contributed by atoms with Crippen LogP contribution < -0.4 is 20.3 Å². The number of hydrogen-bond donors (Lipinski definition) is 2. The highest BCUT2D eigenvalue weighted by molar-refractivity contribution is 9.11. The average molecular weight is 514 g/mol. The van der Waals surface area contributed by atoms with Gasteiger partial charge in [0, 0.05) is 10.0 Å². The van der Waals surface area contributed by atoms with Crippen LogP contribution in [0.2, 0.25) is 0 Å². The number of amides is 2. The van der Waals surface area contributed by atoms with E-state index in [-0.39, 0.29) is 6.61 Å². The molecule has 0 radical (unpaired) electrons. The van der Waals surface area contributed by atoms with Gasteiger partial charge in [-0.3, -0.25) is 20.4 Å². The fourth-order valence-electron chi connectivity index (χ4n) is 2.21. The van der Waals surface area contributed by atoms with Crippen molar-refractivity contribution in [2.45, 2.75) is 26.2 Å². The van der Waals surface area contributed by atoms with Gasteiger partial charge in [-0.25, -0.2) is 0 Å². The Kier molecular flexibility index (Phi) is 9.30. The SMILES string of the molecule is CCCCCOc1ccc(C(=O)NNC(=O)COc2ccc(Br)cc2Br)cc1. The first-order valence-electron chi connectivity index (χ1n) is 8.89. The molecule has 6 nitrogen and oxygen atoms in total. The molecule has 2 rings (SSSR count). The number of hydrogen-bond acceptors (Lipinski definition) is 4. The predicted molar refractivity (Wildman–Crippen MR) is 114 cm³/mol. The van der Waals surface area contributed by atoms with Gasteiger partial charge in [-0.05, 0) is 64.8 Å². The van der Waals surface area contributed by atoms with Crippen molar-refractivity contribution < 1.29 is 19.1 Å². The fraction of sp³-hybridized carbons (Fsp3) is 0.300. The summed E-state index contributed by atoms with van der Waals surface area (Å²) < 4.78 is 12.6. The number of carbonyl (C=O) groups is 2. The second-order valence-corrected chi connectivity index (χ2v) is 7.72. The summed E-state index contributed by atoms with van der Waals surface area (Å²) >= 11 is 6.69. The third kappa shape index (κ3) is 7.52. The summed E-state index contributed by atoms with van der Waals surface area (Å²) in [5.74, 6) is 0.346. The number of nitrogens with one attached hydrogen (secondary N) is 2. The van der Waals surface area contributed by atoms with Gasteiger partial charge in [0.15, 0.2) is 6.61 Å². The molecule has 0 bridgehead atoms. The second kappa shape index (κ2) is 11.7. The van der Waals surface area contributed by atoms with Crippen LogP contribution >= 0.6 is 31.9 Å². The summed E-state index contributed by atoms with van der Waals surface area (Å²) in [6.07, 6.45) is 3.27. The molecule has 0 saturated carbocycles. The zero-order chi connectivity index (χ0) is 20.4. The van der Waals surface area contributed by atoms with Gasteiger partial charge in [0.1, 0.15) is 11.5 Å². The lowest BCUT2D eigenvalue weighted by atomic mass is 10.2. The van der Waals surface area contributed by atoms with Gasteiger partial charge < -0.3 is 9.47 Å². The minimum atomic E-state index is -0.473. The molecule has 28 heavy (non-hydrogen) atoms. The lowest BCUT2D eigenvalue weighted by Crippen LogP contribution is -2.43. The van der Waals surface area contributed by atoms with Crippen LogP contribution in [-0.4, -0.2) is 25.0 Å².